The van der Waals surface area contributed by atoms with Gasteiger partial charge >= 0.3 is 0 Å². The van der Waals surface area contributed by atoms with E-state index in [2.05, 4.69) is 40.9 Å². The lowest BCUT2D eigenvalue weighted by molar-refractivity contribution is 0.114. The SMILES string of the molecule is CCNC(=NCC(O)COc1cccc(C)c1)N1CCC(N(CC)CC)C1. The highest BCUT2D eigenvalue weighted by molar-refractivity contribution is 5.80. The molecule has 6 nitrogen and oxygen atoms in total. The van der Waals surface area contributed by atoms with Gasteiger partial charge in [0.05, 0.1) is 6.54 Å². The van der Waals surface area contributed by atoms with E-state index in [1.807, 2.05) is 31.2 Å². The number of likely N-dealkylation sites (tertiary alicyclic amines) is 1. The normalized spacial score (nSPS) is 18.8. The number of aliphatic hydroxyl groups excluding tert-OH is 1. The zero-order valence-electron chi connectivity index (χ0n) is 17.3. The van der Waals surface area contributed by atoms with E-state index in [9.17, 15) is 5.11 Å². The van der Waals surface area contributed by atoms with Crippen LogP contribution in [0.1, 0.15) is 32.8 Å². The summed E-state index contributed by atoms with van der Waals surface area (Å²) in [5, 5.41) is 13.6. The van der Waals surface area contributed by atoms with Gasteiger partial charge in [0, 0.05) is 25.7 Å². The highest BCUT2D eigenvalue weighted by atomic mass is 16.5. The van der Waals surface area contributed by atoms with Crippen molar-refractivity contribution in [2.24, 2.45) is 4.99 Å². The van der Waals surface area contributed by atoms with Crippen LogP contribution in [0, 0.1) is 6.92 Å². The van der Waals surface area contributed by atoms with E-state index in [0.717, 1.165) is 56.4 Å². The van der Waals surface area contributed by atoms with Gasteiger partial charge in [0.2, 0.25) is 0 Å². The fraction of sp³-hybridized carbons (Fsp3) is 0.667. The van der Waals surface area contributed by atoms with Gasteiger partial charge < -0.3 is 20.1 Å². The number of nitrogens with zero attached hydrogens (tertiary/aromatic N) is 3. The molecule has 0 bridgehead atoms. The molecular formula is C21H36N4O2. The van der Waals surface area contributed by atoms with Crippen LogP contribution in [0.3, 0.4) is 0 Å². The van der Waals surface area contributed by atoms with Crippen molar-refractivity contribution in [3.63, 3.8) is 0 Å². The van der Waals surface area contributed by atoms with Crippen molar-refractivity contribution in [3.8, 4) is 5.75 Å². The third-order valence-electron chi connectivity index (χ3n) is 5.01. The molecule has 2 unspecified atom stereocenters. The number of rotatable bonds is 9. The lowest BCUT2D eigenvalue weighted by atomic mass is 10.2. The van der Waals surface area contributed by atoms with Crippen molar-refractivity contribution < 1.29 is 9.84 Å². The van der Waals surface area contributed by atoms with Gasteiger partial charge in [-0.2, -0.15) is 0 Å². The molecule has 0 spiro atoms. The summed E-state index contributed by atoms with van der Waals surface area (Å²) in [5.41, 5.74) is 1.14. The van der Waals surface area contributed by atoms with Crippen LogP contribution in [0.25, 0.3) is 0 Å². The van der Waals surface area contributed by atoms with Crippen molar-refractivity contribution >= 4 is 5.96 Å². The molecule has 1 fully saturated rings. The quantitative estimate of drug-likeness (QED) is 0.511. The lowest BCUT2D eigenvalue weighted by Crippen LogP contribution is -2.43. The smallest absolute Gasteiger partial charge is 0.194 e. The summed E-state index contributed by atoms with van der Waals surface area (Å²) >= 11 is 0. The maximum absolute atomic E-state index is 10.3. The van der Waals surface area contributed by atoms with Gasteiger partial charge in [-0.3, -0.25) is 9.89 Å². The van der Waals surface area contributed by atoms with E-state index in [1.165, 1.54) is 0 Å². The molecule has 0 saturated carbocycles. The van der Waals surface area contributed by atoms with Crippen molar-refractivity contribution in [2.45, 2.75) is 46.3 Å². The predicted molar refractivity (Wildman–Crippen MR) is 112 cm³/mol. The van der Waals surface area contributed by atoms with Gasteiger partial charge in [-0.05, 0) is 51.1 Å². The monoisotopic (exact) mass is 376 g/mol. The molecule has 6 heteroatoms. The number of aliphatic hydroxyl groups is 1. The van der Waals surface area contributed by atoms with Crippen LogP contribution in [0.2, 0.25) is 0 Å². The highest BCUT2D eigenvalue weighted by Gasteiger charge is 2.28. The molecule has 0 radical (unpaired) electrons. The summed E-state index contributed by atoms with van der Waals surface area (Å²) in [6, 6.07) is 8.44. The minimum Gasteiger partial charge on any atom is -0.491 e. The van der Waals surface area contributed by atoms with E-state index in [0.29, 0.717) is 12.6 Å². The van der Waals surface area contributed by atoms with Crippen molar-refractivity contribution in [2.75, 3.05) is 45.9 Å². The van der Waals surface area contributed by atoms with Gasteiger partial charge in [0.15, 0.2) is 5.96 Å². The first-order valence-electron chi connectivity index (χ1n) is 10.2. The number of aliphatic imine (C=N–C) groups is 1. The minimum absolute atomic E-state index is 0.244. The fourth-order valence-electron chi connectivity index (χ4n) is 3.54. The average molecular weight is 377 g/mol. The van der Waals surface area contributed by atoms with Crippen molar-refractivity contribution in [1.29, 1.82) is 0 Å². The molecule has 1 heterocycles. The first kappa shape index (κ1) is 21.5. The first-order valence-corrected chi connectivity index (χ1v) is 10.2. The number of benzene rings is 1. The minimum atomic E-state index is -0.625. The second-order valence-corrected chi connectivity index (χ2v) is 7.09. The Balaban J connectivity index is 1.87. The van der Waals surface area contributed by atoms with Crippen LogP contribution in [0.5, 0.6) is 5.75 Å². The third-order valence-corrected chi connectivity index (χ3v) is 5.01. The first-order chi connectivity index (χ1) is 13.1. The summed E-state index contributed by atoms with van der Waals surface area (Å²) in [6.45, 7) is 14.1. The summed E-state index contributed by atoms with van der Waals surface area (Å²) in [6.07, 6.45) is 0.533. The van der Waals surface area contributed by atoms with E-state index >= 15 is 0 Å². The maximum Gasteiger partial charge on any atom is 0.194 e. The summed E-state index contributed by atoms with van der Waals surface area (Å²) in [7, 11) is 0. The molecule has 1 aliphatic rings. The number of ether oxygens (including phenoxy) is 1. The number of nitrogens with one attached hydrogen (secondary N) is 1. The molecule has 1 aromatic rings. The Morgan fingerprint density at radius 2 is 2.15 bits per heavy atom. The zero-order chi connectivity index (χ0) is 19.6. The molecule has 0 amide bonds. The number of guanidine groups is 1. The summed E-state index contributed by atoms with van der Waals surface area (Å²) < 4.78 is 5.68. The Bertz CT molecular complexity index is 589. The van der Waals surface area contributed by atoms with E-state index in [4.69, 9.17) is 4.74 Å². The molecule has 0 aromatic heterocycles. The molecule has 2 rings (SSSR count). The van der Waals surface area contributed by atoms with Crippen LogP contribution < -0.4 is 10.1 Å². The molecule has 1 aliphatic heterocycles. The molecule has 2 N–H and O–H groups in total. The second-order valence-electron chi connectivity index (χ2n) is 7.09. The zero-order valence-corrected chi connectivity index (χ0v) is 17.3. The van der Waals surface area contributed by atoms with Gasteiger partial charge in [0.25, 0.3) is 0 Å². The van der Waals surface area contributed by atoms with Crippen molar-refractivity contribution in [3.05, 3.63) is 29.8 Å². The van der Waals surface area contributed by atoms with E-state index < -0.39 is 6.10 Å². The number of hydrogen-bond donors (Lipinski definition) is 2. The Hall–Kier alpha value is -1.79. The molecule has 27 heavy (non-hydrogen) atoms. The summed E-state index contributed by atoms with van der Waals surface area (Å²) in [4.78, 5) is 9.47. The molecule has 0 aliphatic carbocycles. The Kier molecular flexibility index (Phi) is 8.88. The average Bonchev–Trinajstić information content (AvgIpc) is 3.14. The second kappa shape index (κ2) is 11.1. The van der Waals surface area contributed by atoms with Crippen molar-refractivity contribution in [1.82, 2.24) is 15.1 Å². The van der Waals surface area contributed by atoms with Crippen LogP contribution in [-0.4, -0.2) is 78.9 Å². The topological polar surface area (TPSA) is 60.3 Å². The van der Waals surface area contributed by atoms with E-state index in [-0.39, 0.29) is 6.61 Å². The molecule has 1 saturated heterocycles. The van der Waals surface area contributed by atoms with Crippen LogP contribution in [0.4, 0.5) is 0 Å². The number of aryl methyl sites for hydroxylation is 1. The van der Waals surface area contributed by atoms with Crippen LogP contribution >= 0.6 is 0 Å². The van der Waals surface area contributed by atoms with Gasteiger partial charge in [-0.15, -0.1) is 0 Å². The molecule has 1 aromatic carbocycles. The van der Waals surface area contributed by atoms with Crippen LogP contribution in [-0.2, 0) is 0 Å². The van der Waals surface area contributed by atoms with Gasteiger partial charge in [-0.25, -0.2) is 0 Å². The standard InChI is InChI=1S/C21H36N4O2/c1-5-22-21(25-12-11-18(15-25)24(6-2)7-3)23-14-19(26)16-27-20-10-8-9-17(4)13-20/h8-10,13,18-19,26H,5-7,11-12,14-16H2,1-4H3,(H,22,23). The summed E-state index contributed by atoms with van der Waals surface area (Å²) in [5.74, 6) is 1.67. The molecule has 2 atom stereocenters. The molecule has 152 valence electrons. The lowest BCUT2D eigenvalue weighted by Gasteiger charge is -2.27. The maximum atomic E-state index is 10.3. The molecular weight excluding hydrogens is 340 g/mol. The number of hydrogen-bond acceptors (Lipinski definition) is 4. The fourth-order valence-corrected chi connectivity index (χ4v) is 3.54. The van der Waals surface area contributed by atoms with Gasteiger partial charge in [0.1, 0.15) is 18.5 Å². The highest BCUT2D eigenvalue weighted by Crippen LogP contribution is 2.16. The Labute approximate surface area is 164 Å². The predicted octanol–water partition coefficient (Wildman–Crippen LogP) is 2.12. The largest absolute Gasteiger partial charge is 0.491 e. The third kappa shape index (κ3) is 6.70. The van der Waals surface area contributed by atoms with Crippen LogP contribution in [0.15, 0.2) is 29.3 Å². The van der Waals surface area contributed by atoms with E-state index in [1.54, 1.807) is 0 Å². The Morgan fingerprint density at radius 1 is 1.37 bits per heavy atom. The van der Waals surface area contributed by atoms with Gasteiger partial charge in [-0.1, -0.05) is 26.0 Å². The Morgan fingerprint density at radius 3 is 2.81 bits per heavy atom. The number of likely N-dealkylation sites (N-methyl/N-ethyl adjacent to an activating group) is 1.